The van der Waals surface area contributed by atoms with Gasteiger partial charge in [-0.1, -0.05) is 30.3 Å². The number of nitrogens with zero attached hydrogens (tertiary/aromatic N) is 1. The van der Waals surface area contributed by atoms with Gasteiger partial charge in [-0.2, -0.15) is 0 Å². The Hall–Kier alpha value is -3.02. The van der Waals surface area contributed by atoms with E-state index >= 15 is 0 Å². The summed E-state index contributed by atoms with van der Waals surface area (Å²) in [4.78, 5) is 25.7. The molecule has 0 spiro atoms. The minimum Gasteiger partial charge on any atom is -0.457 e. The summed E-state index contributed by atoms with van der Waals surface area (Å²) < 4.78 is 5.84. The lowest BCUT2D eigenvalue weighted by Crippen LogP contribution is -2.37. The van der Waals surface area contributed by atoms with E-state index in [-0.39, 0.29) is 12.3 Å². The fourth-order valence-corrected chi connectivity index (χ4v) is 3.11. The molecule has 2 aromatic rings. The minimum absolute atomic E-state index is 0.0237. The summed E-state index contributed by atoms with van der Waals surface area (Å²) >= 11 is 0. The maximum absolute atomic E-state index is 12.5. The molecule has 1 fully saturated rings. The lowest BCUT2D eigenvalue weighted by Gasteiger charge is -2.22. The van der Waals surface area contributed by atoms with Crippen molar-refractivity contribution < 1.29 is 14.3 Å². The number of likely N-dealkylation sites (tertiary alicyclic amines) is 1. The number of carbonyl (C=O) groups is 2. The predicted molar refractivity (Wildman–Crippen MR) is 98.8 cm³/mol. The molecule has 136 valence electrons. The molecule has 3 rings (SSSR count). The highest BCUT2D eigenvalue weighted by atomic mass is 16.5. The number of rotatable bonds is 6. The highest BCUT2D eigenvalue weighted by Crippen LogP contribution is 2.26. The Balaban J connectivity index is 1.76. The molecule has 1 aliphatic rings. The molecule has 6 nitrogen and oxygen atoms in total. The van der Waals surface area contributed by atoms with Crippen LogP contribution >= 0.6 is 0 Å². The number of nitrogens with two attached hydrogens (primary N) is 1. The maximum Gasteiger partial charge on any atom is 0.312 e. The van der Waals surface area contributed by atoms with Gasteiger partial charge in [-0.25, -0.2) is 4.79 Å². The van der Waals surface area contributed by atoms with Gasteiger partial charge in [-0.05, 0) is 42.7 Å². The van der Waals surface area contributed by atoms with E-state index in [0.717, 1.165) is 37.2 Å². The highest BCUT2D eigenvalue weighted by molar-refractivity contribution is 5.79. The number of nitrogens with one attached hydrogen (secondary N) is 1. The normalized spacial score (nSPS) is 14.7. The third kappa shape index (κ3) is 4.75. The molecule has 0 aliphatic carbocycles. The zero-order chi connectivity index (χ0) is 18.4. The first-order valence-corrected chi connectivity index (χ1v) is 8.78. The number of amides is 3. The van der Waals surface area contributed by atoms with Crippen LogP contribution in [0.1, 0.15) is 30.9 Å². The Kier molecular flexibility index (Phi) is 5.73. The Labute approximate surface area is 152 Å². The summed E-state index contributed by atoms with van der Waals surface area (Å²) in [5.74, 6) is 1.38. The Morgan fingerprint density at radius 3 is 2.42 bits per heavy atom. The Morgan fingerprint density at radius 1 is 1.04 bits per heavy atom. The lowest BCUT2D eigenvalue weighted by molar-refractivity contribution is -0.130. The smallest absolute Gasteiger partial charge is 0.312 e. The summed E-state index contributed by atoms with van der Waals surface area (Å²) in [7, 11) is 0. The molecule has 3 amide bonds. The molecular formula is C20H23N3O3. The second kappa shape index (κ2) is 8.38. The summed E-state index contributed by atoms with van der Waals surface area (Å²) in [6.07, 6.45) is 2.23. The number of para-hydroxylation sites is 1. The third-order valence-electron chi connectivity index (χ3n) is 4.39. The van der Waals surface area contributed by atoms with Crippen LogP contribution in [0.15, 0.2) is 54.6 Å². The summed E-state index contributed by atoms with van der Waals surface area (Å²) in [5, 5.41) is 2.68. The Morgan fingerprint density at radius 2 is 1.73 bits per heavy atom. The van der Waals surface area contributed by atoms with Crippen LogP contribution in [0.25, 0.3) is 0 Å². The zero-order valence-electron chi connectivity index (χ0n) is 14.6. The van der Waals surface area contributed by atoms with Gasteiger partial charge in [0.25, 0.3) is 0 Å². The van der Waals surface area contributed by atoms with Gasteiger partial charge in [0.05, 0.1) is 12.5 Å². The van der Waals surface area contributed by atoms with Crippen molar-refractivity contribution in [2.45, 2.75) is 25.3 Å². The third-order valence-corrected chi connectivity index (χ3v) is 4.39. The first-order chi connectivity index (χ1) is 12.6. The van der Waals surface area contributed by atoms with E-state index in [1.54, 1.807) is 0 Å². The molecule has 26 heavy (non-hydrogen) atoms. The van der Waals surface area contributed by atoms with Crippen molar-refractivity contribution in [1.29, 1.82) is 0 Å². The Bertz CT molecular complexity index is 758. The summed E-state index contributed by atoms with van der Waals surface area (Å²) in [5.41, 5.74) is 6.10. The van der Waals surface area contributed by atoms with E-state index in [1.807, 2.05) is 59.5 Å². The maximum atomic E-state index is 12.5. The van der Waals surface area contributed by atoms with Gasteiger partial charge in [0, 0.05) is 13.1 Å². The molecule has 0 bridgehead atoms. The molecule has 0 aromatic heterocycles. The zero-order valence-corrected chi connectivity index (χ0v) is 14.6. The van der Waals surface area contributed by atoms with Crippen molar-refractivity contribution in [2.75, 3.05) is 13.1 Å². The van der Waals surface area contributed by atoms with Crippen LogP contribution in [-0.2, 0) is 4.79 Å². The van der Waals surface area contributed by atoms with Gasteiger partial charge in [0.15, 0.2) is 0 Å². The molecule has 0 saturated carbocycles. The van der Waals surface area contributed by atoms with Crippen molar-refractivity contribution in [3.8, 4) is 11.5 Å². The molecule has 1 heterocycles. The van der Waals surface area contributed by atoms with Crippen LogP contribution < -0.4 is 15.8 Å². The number of primary amides is 1. The monoisotopic (exact) mass is 353 g/mol. The van der Waals surface area contributed by atoms with E-state index in [1.165, 1.54) is 0 Å². The van der Waals surface area contributed by atoms with Crippen molar-refractivity contribution in [1.82, 2.24) is 10.2 Å². The number of ether oxygens (including phenoxy) is 1. The second-order valence-electron chi connectivity index (χ2n) is 6.34. The summed E-state index contributed by atoms with van der Waals surface area (Å²) in [6, 6.07) is 15.6. The van der Waals surface area contributed by atoms with Gasteiger partial charge in [-0.15, -0.1) is 0 Å². The van der Waals surface area contributed by atoms with E-state index in [4.69, 9.17) is 10.5 Å². The van der Waals surface area contributed by atoms with Crippen molar-refractivity contribution in [2.24, 2.45) is 5.73 Å². The average Bonchev–Trinajstić information content (AvgIpc) is 3.17. The van der Waals surface area contributed by atoms with Gasteiger partial charge < -0.3 is 20.7 Å². The second-order valence-corrected chi connectivity index (χ2v) is 6.34. The van der Waals surface area contributed by atoms with E-state index < -0.39 is 12.1 Å². The minimum atomic E-state index is -0.654. The van der Waals surface area contributed by atoms with Gasteiger partial charge in [0.1, 0.15) is 11.5 Å². The number of carbonyl (C=O) groups excluding carboxylic acids is 2. The molecule has 0 radical (unpaired) electrons. The van der Waals surface area contributed by atoms with Crippen LogP contribution in [0.3, 0.4) is 0 Å². The van der Waals surface area contributed by atoms with Crippen molar-refractivity contribution in [3.05, 3.63) is 60.2 Å². The first-order valence-electron chi connectivity index (χ1n) is 8.78. The van der Waals surface area contributed by atoms with Crippen LogP contribution in [0.2, 0.25) is 0 Å². The molecule has 1 aliphatic heterocycles. The average molecular weight is 353 g/mol. The molecule has 2 aromatic carbocycles. The number of benzene rings is 2. The fraction of sp³-hybridized carbons (Fsp3) is 0.300. The van der Waals surface area contributed by atoms with E-state index in [9.17, 15) is 9.59 Å². The van der Waals surface area contributed by atoms with Gasteiger partial charge >= 0.3 is 6.03 Å². The molecule has 1 unspecified atom stereocenters. The van der Waals surface area contributed by atoms with Crippen LogP contribution in [0, 0.1) is 0 Å². The topological polar surface area (TPSA) is 84.7 Å². The molecule has 1 saturated heterocycles. The van der Waals surface area contributed by atoms with Crippen LogP contribution in [0.4, 0.5) is 4.79 Å². The summed E-state index contributed by atoms with van der Waals surface area (Å²) in [6.45, 7) is 1.55. The number of hydrogen-bond donors (Lipinski definition) is 2. The SMILES string of the molecule is NC(=O)NC(CC(=O)N1CCCC1)c1cccc(Oc2ccccc2)c1. The van der Waals surface area contributed by atoms with E-state index in [2.05, 4.69) is 5.32 Å². The molecular weight excluding hydrogens is 330 g/mol. The number of hydrogen-bond acceptors (Lipinski definition) is 3. The van der Waals surface area contributed by atoms with Gasteiger partial charge in [0.2, 0.25) is 5.91 Å². The largest absolute Gasteiger partial charge is 0.457 e. The van der Waals surface area contributed by atoms with E-state index in [0.29, 0.717) is 5.75 Å². The lowest BCUT2D eigenvalue weighted by atomic mass is 10.0. The fourth-order valence-electron chi connectivity index (χ4n) is 3.11. The standard InChI is InChI=1S/C20H23N3O3/c21-20(25)22-18(14-19(24)23-11-4-5-12-23)15-7-6-10-17(13-15)26-16-8-2-1-3-9-16/h1-3,6-10,13,18H,4-5,11-12,14H2,(H3,21,22,25). The van der Waals surface area contributed by atoms with Crippen LogP contribution in [-0.4, -0.2) is 29.9 Å². The molecule has 1 atom stereocenters. The van der Waals surface area contributed by atoms with Crippen molar-refractivity contribution >= 4 is 11.9 Å². The quantitative estimate of drug-likeness (QED) is 0.836. The molecule has 6 heteroatoms. The molecule has 3 N–H and O–H groups in total. The highest BCUT2D eigenvalue weighted by Gasteiger charge is 2.23. The van der Waals surface area contributed by atoms with Crippen LogP contribution in [0.5, 0.6) is 11.5 Å². The van der Waals surface area contributed by atoms with Crippen molar-refractivity contribution in [3.63, 3.8) is 0 Å². The number of urea groups is 1. The first kappa shape index (κ1) is 17.8. The predicted octanol–water partition coefficient (Wildman–Crippen LogP) is 3.20. The van der Waals surface area contributed by atoms with Gasteiger partial charge in [-0.3, -0.25) is 4.79 Å².